The molecule has 0 spiro atoms. The molecule has 4 nitrogen and oxygen atoms in total. The molecule has 4 heteroatoms. The smallest absolute Gasteiger partial charge is 0.309 e. The Balaban J connectivity index is 2.05. The molecule has 1 aliphatic rings. The monoisotopic (exact) mass is 236 g/mol. The van der Waals surface area contributed by atoms with Crippen molar-refractivity contribution in [2.24, 2.45) is 18.4 Å². The summed E-state index contributed by atoms with van der Waals surface area (Å²) in [6, 6.07) is 1.97. The summed E-state index contributed by atoms with van der Waals surface area (Å²) < 4.78 is 1.83. The Morgan fingerprint density at radius 1 is 1.71 bits per heavy atom. The maximum absolute atomic E-state index is 11.5. The molecule has 0 saturated heterocycles. The maximum atomic E-state index is 11.5. The van der Waals surface area contributed by atoms with Gasteiger partial charge in [0.05, 0.1) is 5.41 Å². The van der Waals surface area contributed by atoms with Crippen molar-refractivity contribution in [1.82, 2.24) is 9.78 Å². The zero-order chi connectivity index (χ0) is 12.5. The zero-order valence-electron chi connectivity index (χ0n) is 10.5. The molecule has 2 atom stereocenters. The first kappa shape index (κ1) is 12.1. The Bertz CT molecular complexity index is 413. The van der Waals surface area contributed by atoms with Gasteiger partial charge in [0.15, 0.2) is 0 Å². The zero-order valence-corrected chi connectivity index (χ0v) is 10.5. The third-order valence-corrected chi connectivity index (χ3v) is 4.09. The molecule has 1 heterocycles. The van der Waals surface area contributed by atoms with Gasteiger partial charge in [-0.2, -0.15) is 5.10 Å². The van der Waals surface area contributed by atoms with Gasteiger partial charge < -0.3 is 5.11 Å². The van der Waals surface area contributed by atoms with Gasteiger partial charge in [0.2, 0.25) is 0 Å². The van der Waals surface area contributed by atoms with Crippen LogP contribution in [0.4, 0.5) is 0 Å². The Morgan fingerprint density at radius 2 is 2.47 bits per heavy atom. The molecule has 2 rings (SSSR count). The minimum atomic E-state index is -0.621. The van der Waals surface area contributed by atoms with Crippen molar-refractivity contribution >= 4 is 5.97 Å². The van der Waals surface area contributed by atoms with E-state index in [9.17, 15) is 9.90 Å². The molecule has 1 aliphatic carbocycles. The van der Waals surface area contributed by atoms with Gasteiger partial charge in [0, 0.05) is 18.9 Å². The molecule has 1 aromatic rings. The second-order valence-electron chi connectivity index (χ2n) is 5.38. The summed E-state index contributed by atoms with van der Waals surface area (Å²) >= 11 is 0. The quantitative estimate of drug-likeness (QED) is 0.872. The van der Waals surface area contributed by atoms with Gasteiger partial charge in [-0.25, -0.2) is 0 Å². The van der Waals surface area contributed by atoms with Gasteiger partial charge in [-0.3, -0.25) is 9.48 Å². The Morgan fingerprint density at radius 3 is 2.94 bits per heavy atom. The number of aryl methyl sites for hydroxylation is 2. The molecule has 0 radical (unpaired) electrons. The molecule has 1 saturated carbocycles. The predicted octanol–water partition coefficient (Wildman–Crippen LogP) is 2.24. The fraction of sp³-hybridized carbons (Fsp3) is 0.692. The highest BCUT2D eigenvalue weighted by Gasteiger charge is 2.43. The van der Waals surface area contributed by atoms with E-state index in [-0.39, 0.29) is 0 Å². The van der Waals surface area contributed by atoms with Crippen LogP contribution < -0.4 is 0 Å². The van der Waals surface area contributed by atoms with Crippen molar-refractivity contribution in [3.05, 3.63) is 18.0 Å². The van der Waals surface area contributed by atoms with E-state index in [1.54, 1.807) is 6.20 Å². The van der Waals surface area contributed by atoms with E-state index in [4.69, 9.17) is 0 Å². The van der Waals surface area contributed by atoms with Crippen LogP contribution in [0.3, 0.4) is 0 Å². The normalized spacial score (nSPS) is 28.5. The summed E-state index contributed by atoms with van der Waals surface area (Å²) in [6.45, 7) is 2.15. The molecule has 0 aromatic carbocycles. The number of carbonyl (C=O) groups is 1. The van der Waals surface area contributed by atoms with Crippen LogP contribution in [0.2, 0.25) is 0 Å². The fourth-order valence-corrected chi connectivity index (χ4v) is 2.94. The van der Waals surface area contributed by atoms with Gasteiger partial charge in [-0.1, -0.05) is 6.92 Å². The van der Waals surface area contributed by atoms with Crippen LogP contribution in [0, 0.1) is 11.3 Å². The van der Waals surface area contributed by atoms with Gasteiger partial charge in [-0.05, 0) is 44.1 Å². The molecular weight excluding hydrogens is 216 g/mol. The maximum Gasteiger partial charge on any atom is 0.309 e. The van der Waals surface area contributed by atoms with Crippen molar-refractivity contribution in [1.29, 1.82) is 0 Å². The van der Waals surface area contributed by atoms with Crippen molar-refractivity contribution < 1.29 is 9.90 Å². The lowest BCUT2D eigenvalue weighted by Gasteiger charge is -2.24. The number of hydrogen-bond acceptors (Lipinski definition) is 2. The van der Waals surface area contributed by atoms with Gasteiger partial charge in [-0.15, -0.1) is 0 Å². The number of carboxylic acids is 1. The highest BCUT2D eigenvalue weighted by molar-refractivity contribution is 5.75. The molecule has 94 valence electrons. The Kier molecular flexibility index (Phi) is 3.22. The first-order chi connectivity index (χ1) is 8.03. The third-order valence-electron chi connectivity index (χ3n) is 4.09. The molecular formula is C13H20N2O2. The highest BCUT2D eigenvalue weighted by atomic mass is 16.4. The van der Waals surface area contributed by atoms with Crippen molar-refractivity contribution in [2.45, 2.75) is 39.0 Å². The Hall–Kier alpha value is -1.32. The average Bonchev–Trinajstić information content (AvgIpc) is 2.83. The van der Waals surface area contributed by atoms with Crippen LogP contribution in [-0.2, 0) is 18.3 Å². The summed E-state index contributed by atoms with van der Waals surface area (Å²) in [5.74, 6) is -0.0818. The molecule has 1 aromatic heterocycles. The number of aromatic nitrogens is 2. The minimum absolute atomic E-state index is 0.496. The van der Waals surface area contributed by atoms with E-state index < -0.39 is 11.4 Å². The SMILES string of the molecule is CC1CCC(CCc2ccnn2C)(C(=O)O)C1. The number of rotatable bonds is 4. The summed E-state index contributed by atoms with van der Waals surface area (Å²) in [5, 5.41) is 13.6. The van der Waals surface area contributed by atoms with E-state index >= 15 is 0 Å². The van der Waals surface area contributed by atoms with Crippen LogP contribution in [-0.4, -0.2) is 20.9 Å². The van der Waals surface area contributed by atoms with Crippen LogP contribution in [0.1, 0.15) is 38.3 Å². The van der Waals surface area contributed by atoms with Gasteiger partial charge in [0.1, 0.15) is 0 Å². The molecule has 0 bridgehead atoms. The molecule has 0 amide bonds. The molecule has 1 N–H and O–H groups in total. The predicted molar refractivity (Wildman–Crippen MR) is 64.6 cm³/mol. The second-order valence-corrected chi connectivity index (χ2v) is 5.38. The largest absolute Gasteiger partial charge is 0.481 e. The van der Waals surface area contributed by atoms with E-state index in [2.05, 4.69) is 12.0 Å². The standard InChI is InChI=1S/C13H20N2O2/c1-10-3-6-13(9-10,12(16)17)7-4-11-5-8-14-15(11)2/h5,8,10H,3-4,6-7,9H2,1-2H3,(H,16,17). The lowest BCUT2D eigenvalue weighted by molar-refractivity contribution is -0.149. The molecule has 2 unspecified atom stereocenters. The number of carboxylic acid groups (broad SMARTS) is 1. The van der Waals surface area contributed by atoms with Gasteiger partial charge >= 0.3 is 5.97 Å². The van der Waals surface area contributed by atoms with E-state index in [1.807, 2.05) is 17.8 Å². The Labute approximate surface area is 102 Å². The average molecular weight is 236 g/mol. The molecule has 1 fully saturated rings. The van der Waals surface area contributed by atoms with E-state index in [0.717, 1.165) is 37.8 Å². The lowest BCUT2D eigenvalue weighted by atomic mass is 9.80. The summed E-state index contributed by atoms with van der Waals surface area (Å²) in [4.78, 5) is 11.5. The minimum Gasteiger partial charge on any atom is -0.481 e. The first-order valence-electron chi connectivity index (χ1n) is 6.24. The topological polar surface area (TPSA) is 55.1 Å². The van der Waals surface area contributed by atoms with E-state index in [1.165, 1.54) is 0 Å². The van der Waals surface area contributed by atoms with Crippen LogP contribution >= 0.6 is 0 Å². The van der Waals surface area contributed by atoms with Crippen molar-refractivity contribution in [3.8, 4) is 0 Å². The number of nitrogens with zero attached hydrogens (tertiary/aromatic N) is 2. The van der Waals surface area contributed by atoms with Gasteiger partial charge in [0.25, 0.3) is 0 Å². The number of hydrogen-bond donors (Lipinski definition) is 1. The summed E-state index contributed by atoms with van der Waals surface area (Å²) in [7, 11) is 1.90. The van der Waals surface area contributed by atoms with Crippen LogP contribution in [0.5, 0.6) is 0 Å². The van der Waals surface area contributed by atoms with E-state index in [0.29, 0.717) is 5.92 Å². The highest BCUT2D eigenvalue weighted by Crippen LogP contribution is 2.45. The number of aliphatic carboxylic acids is 1. The summed E-state index contributed by atoms with van der Waals surface area (Å²) in [6.07, 6.45) is 5.97. The van der Waals surface area contributed by atoms with Crippen molar-refractivity contribution in [2.75, 3.05) is 0 Å². The van der Waals surface area contributed by atoms with Crippen molar-refractivity contribution in [3.63, 3.8) is 0 Å². The molecule has 17 heavy (non-hydrogen) atoms. The fourth-order valence-electron chi connectivity index (χ4n) is 2.94. The molecule has 0 aliphatic heterocycles. The first-order valence-corrected chi connectivity index (χ1v) is 6.24. The third kappa shape index (κ3) is 2.35. The summed E-state index contributed by atoms with van der Waals surface area (Å²) in [5.41, 5.74) is 0.620. The lowest BCUT2D eigenvalue weighted by Crippen LogP contribution is -2.29. The van der Waals surface area contributed by atoms with Crippen LogP contribution in [0.25, 0.3) is 0 Å². The van der Waals surface area contributed by atoms with Crippen LogP contribution in [0.15, 0.2) is 12.3 Å². The second kappa shape index (κ2) is 4.51.